The number of benzene rings is 3. The van der Waals surface area contributed by atoms with Crippen molar-refractivity contribution in [2.24, 2.45) is 21.1 Å². The molecule has 0 amide bonds. The van der Waals surface area contributed by atoms with Gasteiger partial charge in [-0.25, -0.2) is 0 Å². The summed E-state index contributed by atoms with van der Waals surface area (Å²) in [5, 5.41) is 14.8. The second-order valence-corrected chi connectivity index (χ2v) is 16.7. The number of hydrogen-bond acceptors (Lipinski definition) is 7. The summed E-state index contributed by atoms with van der Waals surface area (Å²) in [5.41, 5.74) is 10.4. The first-order valence-corrected chi connectivity index (χ1v) is 20.4. The fourth-order valence-electron chi connectivity index (χ4n) is 6.90. The summed E-state index contributed by atoms with van der Waals surface area (Å²) in [6.45, 7) is 8.18. The average molecular weight is 838 g/mol. The minimum absolute atomic E-state index is 0.284. The van der Waals surface area contributed by atoms with Crippen molar-refractivity contribution in [1.82, 2.24) is 39.3 Å². The van der Waals surface area contributed by atoms with Crippen molar-refractivity contribution in [2.45, 2.75) is 64.6 Å². The summed E-state index contributed by atoms with van der Waals surface area (Å²) >= 11 is 3.40. The molecule has 0 unspecified atom stereocenters. The number of halogens is 1. The van der Waals surface area contributed by atoms with Crippen LogP contribution >= 0.6 is 15.9 Å². The van der Waals surface area contributed by atoms with Gasteiger partial charge in [-0.3, -0.25) is 24.0 Å². The lowest BCUT2D eigenvalue weighted by Crippen LogP contribution is -2.41. The lowest BCUT2D eigenvalue weighted by Gasteiger charge is -2.32. The molecule has 0 atom stereocenters. The summed E-state index contributed by atoms with van der Waals surface area (Å²) in [5.74, 6) is 0. The van der Waals surface area contributed by atoms with Crippen LogP contribution in [0.25, 0.3) is 44.1 Å². The Bertz CT molecular complexity index is 2610. The maximum atomic E-state index is 5.89. The Morgan fingerprint density at radius 2 is 1.09 bits per heavy atom. The van der Waals surface area contributed by atoms with E-state index in [4.69, 9.17) is 9.31 Å². The first kappa shape index (κ1) is 40.8. The molecule has 1 fully saturated rings. The van der Waals surface area contributed by atoms with Crippen LogP contribution in [0, 0.1) is 0 Å². The Morgan fingerprint density at radius 1 is 0.569 bits per heavy atom. The van der Waals surface area contributed by atoms with E-state index in [-0.39, 0.29) is 18.3 Å². The van der Waals surface area contributed by atoms with Gasteiger partial charge in [0.15, 0.2) is 0 Å². The van der Waals surface area contributed by atoms with Crippen LogP contribution in [0.2, 0.25) is 0 Å². The Kier molecular flexibility index (Phi) is 12.4. The zero-order chi connectivity index (χ0) is 40.9. The van der Waals surface area contributed by atoms with Crippen LogP contribution in [0.1, 0.15) is 51.7 Å². The summed E-state index contributed by atoms with van der Waals surface area (Å²) in [4.78, 5) is 8.50. The Balaban J connectivity index is 0.000000119. The molecule has 5 aromatic heterocycles. The number of nitrogens with zero attached hydrogens (tertiary/aromatic N) is 8. The first-order valence-electron chi connectivity index (χ1n) is 19.6. The van der Waals surface area contributed by atoms with Crippen LogP contribution in [0.3, 0.4) is 0 Å². The van der Waals surface area contributed by atoms with Gasteiger partial charge in [-0.1, -0.05) is 52.3 Å². The van der Waals surface area contributed by atoms with Gasteiger partial charge in [0, 0.05) is 90.2 Å². The third kappa shape index (κ3) is 9.81. The molecule has 8 aromatic rings. The highest BCUT2D eigenvalue weighted by molar-refractivity contribution is 9.10. The molecule has 0 spiro atoms. The quantitative estimate of drug-likeness (QED) is 0.164. The van der Waals surface area contributed by atoms with Gasteiger partial charge in [0.2, 0.25) is 0 Å². The van der Waals surface area contributed by atoms with E-state index in [0.29, 0.717) is 0 Å². The van der Waals surface area contributed by atoms with Gasteiger partial charge in [-0.2, -0.15) is 15.3 Å². The van der Waals surface area contributed by atoms with E-state index >= 15 is 0 Å². The number of fused-ring (bicyclic) bond motifs is 3. The van der Waals surface area contributed by atoms with Crippen LogP contribution in [-0.2, 0) is 43.3 Å². The molecular formula is C46H50BBrN8O2. The topological polar surface area (TPSA) is 97.7 Å². The molecule has 2 aliphatic rings. The zero-order valence-corrected chi connectivity index (χ0v) is 35.9. The third-order valence-electron chi connectivity index (χ3n) is 10.8. The molecule has 58 heavy (non-hydrogen) atoms. The maximum Gasteiger partial charge on any atom is 0.498 e. The predicted molar refractivity (Wildman–Crippen MR) is 238 cm³/mol. The average Bonchev–Trinajstić information content (AvgIpc) is 4.02. The molecule has 1 saturated heterocycles. The molecule has 12 heteroatoms. The summed E-state index contributed by atoms with van der Waals surface area (Å²) in [7, 11) is 5.46. The van der Waals surface area contributed by atoms with E-state index < -0.39 is 0 Å². The van der Waals surface area contributed by atoms with Crippen LogP contribution in [0.15, 0.2) is 133 Å². The van der Waals surface area contributed by atoms with Gasteiger partial charge in [-0.15, -0.1) is 0 Å². The molecule has 0 N–H and O–H groups in total. The molecule has 10 rings (SSSR count). The van der Waals surface area contributed by atoms with Crippen LogP contribution in [-0.4, -0.2) is 57.6 Å². The predicted octanol–water partition coefficient (Wildman–Crippen LogP) is 9.32. The van der Waals surface area contributed by atoms with E-state index in [1.807, 2.05) is 126 Å². The molecule has 0 radical (unpaired) electrons. The molecule has 10 nitrogen and oxygen atoms in total. The molecule has 296 valence electrons. The van der Waals surface area contributed by atoms with Crippen LogP contribution < -0.4 is 5.46 Å². The number of aromatic nitrogens is 8. The molecule has 0 saturated carbocycles. The Labute approximate surface area is 349 Å². The molecular weight excluding hydrogens is 787 g/mol. The number of pyridine rings is 2. The standard InChI is InChI=1S/C14H16N2.C13H11N3.C10H17BN2O2.C9H6BrN/c1-16-10-14(9-15-16)13-7-6-11-4-2-3-5-12(11)8-13;1-16-9-12(8-15-16)10-4-5-13-11(7-10)3-2-6-14-13;1-9(2)10(3,4)15-11(14-9)8-6-12-13(5)7-8;10-8-3-4-9-7(6-8)2-1-5-11-9/h6-10H,2-5H2,1H3;2-9H,1H3;6-7H,1-5H3;1-6H. The molecule has 6 heterocycles. The van der Waals surface area contributed by atoms with Gasteiger partial charge < -0.3 is 9.31 Å². The number of hydrogen-bond donors (Lipinski definition) is 0. The SMILES string of the molecule is Brc1ccc2ncccc2c1.Cn1cc(-c2ccc3c(c2)CCCC3)cn1.Cn1cc(-c2ccc3ncccc3c2)cn1.Cn1cc(B2OC(C)(C)C(C)(C)O2)cn1. The fraction of sp³-hybridized carbons (Fsp3) is 0.283. The second-order valence-electron chi connectivity index (χ2n) is 15.8. The third-order valence-corrected chi connectivity index (χ3v) is 11.3. The largest absolute Gasteiger partial charge is 0.498 e. The normalized spacial score (nSPS) is 15.1. The maximum absolute atomic E-state index is 5.89. The van der Waals surface area contributed by atoms with Crippen molar-refractivity contribution < 1.29 is 9.31 Å². The van der Waals surface area contributed by atoms with Crippen molar-refractivity contribution in [1.29, 1.82) is 0 Å². The zero-order valence-electron chi connectivity index (χ0n) is 34.3. The van der Waals surface area contributed by atoms with Gasteiger partial charge in [0.25, 0.3) is 0 Å². The van der Waals surface area contributed by atoms with Gasteiger partial charge in [0.05, 0.1) is 34.6 Å². The highest BCUT2D eigenvalue weighted by Gasteiger charge is 2.52. The van der Waals surface area contributed by atoms with E-state index in [9.17, 15) is 0 Å². The van der Waals surface area contributed by atoms with E-state index in [1.54, 1.807) is 22.6 Å². The van der Waals surface area contributed by atoms with E-state index in [1.165, 1.54) is 53.3 Å². The molecule has 0 bridgehead atoms. The number of rotatable bonds is 3. The Hall–Kier alpha value is -5.43. The van der Waals surface area contributed by atoms with E-state index in [2.05, 4.69) is 89.9 Å². The van der Waals surface area contributed by atoms with Gasteiger partial charge in [-0.05, 0) is 118 Å². The van der Waals surface area contributed by atoms with Gasteiger partial charge in [0.1, 0.15) is 0 Å². The number of aryl methyl sites for hydroxylation is 5. The Morgan fingerprint density at radius 3 is 1.66 bits per heavy atom. The van der Waals surface area contributed by atoms with E-state index in [0.717, 1.165) is 31.9 Å². The van der Waals surface area contributed by atoms with Crippen LogP contribution in [0.4, 0.5) is 0 Å². The second kappa shape index (κ2) is 17.6. The fourth-order valence-corrected chi connectivity index (χ4v) is 7.28. The van der Waals surface area contributed by atoms with Crippen LogP contribution in [0.5, 0.6) is 0 Å². The summed E-state index contributed by atoms with van der Waals surface area (Å²) in [6.07, 6.45) is 20.4. The highest BCUT2D eigenvalue weighted by atomic mass is 79.9. The van der Waals surface area contributed by atoms with Crippen molar-refractivity contribution in [3.8, 4) is 22.3 Å². The minimum atomic E-state index is -0.302. The van der Waals surface area contributed by atoms with Gasteiger partial charge >= 0.3 is 7.12 Å². The molecule has 1 aliphatic heterocycles. The monoisotopic (exact) mass is 836 g/mol. The lowest BCUT2D eigenvalue weighted by atomic mass is 9.82. The minimum Gasteiger partial charge on any atom is -0.399 e. The van der Waals surface area contributed by atoms with Crippen molar-refractivity contribution in [3.05, 3.63) is 144 Å². The smallest absolute Gasteiger partial charge is 0.399 e. The summed E-state index contributed by atoms with van der Waals surface area (Å²) < 4.78 is 18.3. The van der Waals surface area contributed by atoms with Crippen molar-refractivity contribution in [2.75, 3.05) is 0 Å². The molecule has 3 aromatic carbocycles. The summed E-state index contributed by atoms with van der Waals surface area (Å²) in [6, 6.07) is 27.2. The highest BCUT2D eigenvalue weighted by Crippen LogP contribution is 2.36. The van der Waals surface area contributed by atoms with Crippen molar-refractivity contribution >= 4 is 50.3 Å². The first-order chi connectivity index (χ1) is 27.8. The lowest BCUT2D eigenvalue weighted by molar-refractivity contribution is 0.00578. The molecule has 1 aliphatic carbocycles. The van der Waals surface area contributed by atoms with Crippen molar-refractivity contribution in [3.63, 3.8) is 0 Å².